The quantitative estimate of drug-likeness (QED) is 0.784. The van der Waals surface area contributed by atoms with Crippen LogP contribution in [0.2, 0.25) is 0 Å². The van der Waals surface area contributed by atoms with Crippen molar-refractivity contribution in [2.45, 2.75) is 18.2 Å². The fourth-order valence-electron chi connectivity index (χ4n) is 1.40. The number of aryl methyl sites for hydroxylation is 1. The Kier molecular flexibility index (Phi) is 4.92. The SMILES string of the molecule is CS(=O)(=O)CCCc1ccc(CBr)cc1F. The summed E-state index contributed by atoms with van der Waals surface area (Å²) in [4.78, 5) is 0. The van der Waals surface area contributed by atoms with Crippen LogP contribution in [0.1, 0.15) is 17.5 Å². The molecule has 16 heavy (non-hydrogen) atoms. The molecule has 1 rings (SSSR count). The van der Waals surface area contributed by atoms with E-state index in [1.54, 1.807) is 6.07 Å². The highest BCUT2D eigenvalue weighted by atomic mass is 79.9. The van der Waals surface area contributed by atoms with Crippen LogP contribution in [0.5, 0.6) is 0 Å². The maximum absolute atomic E-state index is 13.5. The zero-order valence-electron chi connectivity index (χ0n) is 9.04. The van der Waals surface area contributed by atoms with Gasteiger partial charge in [-0.15, -0.1) is 0 Å². The Morgan fingerprint density at radius 1 is 1.38 bits per heavy atom. The summed E-state index contributed by atoms with van der Waals surface area (Å²) in [6.07, 6.45) is 2.11. The van der Waals surface area contributed by atoms with Crippen LogP contribution in [0.4, 0.5) is 4.39 Å². The van der Waals surface area contributed by atoms with Crippen molar-refractivity contribution in [3.8, 4) is 0 Å². The molecule has 90 valence electrons. The molecular formula is C11H14BrFO2S. The van der Waals surface area contributed by atoms with Crippen molar-refractivity contribution in [3.63, 3.8) is 0 Å². The molecule has 0 unspecified atom stereocenters. The zero-order chi connectivity index (χ0) is 12.2. The van der Waals surface area contributed by atoms with Gasteiger partial charge in [-0.25, -0.2) is 12.8 Å². The molecular weight excluding hydrogens is 295 g/mol. The van der Waals surface area contributed by atoms with E-state index >= 15 is 0 Å². The molecule has 0 aliphatic carbocycles. The van der Waals surface area contributed by atoms with E-state index in [9.17, 15) is 12.8 Å². The molecule has 0 atom stereocenters. The highest BCUT2D eigenvalue weighted by Gasteiger charge is 2.06. The van der Waals surface area contributed by atoms with Crippen LogP contribution in [0.15, 0.2) is 18.2 Å². The molecule has 0 bridgehead atoms. The van der Waals surface area contributed by atoms with E-state index in [-0.39, 0.29) is 11.6 Å². The number of hydrogen-bond donors (Lipinski definition) is 0. The van der Waals surface area contributed by atoms with Crippen molar-refractivity contribution >= 4 is 25.8 Å². The summed E-state index contributed by atoms with van der Waals surface area (Å²) in [7, 11) is -2.95. The topological polar surface area (TPSA) is 34.1 Å². The third kappa shape index (κ3) is 4.61. The van der Waals surface area contributed by atoms with Gasteiger partial charge in [-0.1, -0.05) is 28.1 Å². The predicted octanol–water partition coefficient (Wildman–Crippen LogP) is 2.70. The molecule has 2 nitrogen and oxygen atoms in total. The molecule has 1 aromatic rings. The summed E-state index contributed by atoms with van der Waals surface area (Å²) >= 11 is 3.25. The standard InChI is InChI=1S/C11H14BrFO2S/c1-16(14,15)6-2-3-10-5-4-9(8-12)7-11(10)13/h4-5,7H,2-3,6,8H2,1H3. The number of sulfone groups is 1. The van der Waals surface area contributed by atoms with Gasteiger partial charge in [0.2, 0.25) is 0 Å². The van der Waals surface area contributed by atoms with E-state index in [1.165, 1.54) is 12.3 Å². The van der Waals surface area contributed by atoms with Gasteiger partial charge in [0, 0.05) is 11.6 Å². The van der Waals surface area contributed by atoms with E-state index in [2.05, 4.69) is 15.9 Å². The Hall–Kier alpha value is -0.420. The van der Waals surface area contributed by atoms with Crippen LogP contribution in [-0.4, -0.2) is 20.4 Å². The summed E-state index contributed by atoms with van der Waals surface area (Å²) in [5.74, 6) is -0.155. The van der Waals surface area contributed by atoms with Gasteiger partial charge >= 0.3 is 0 Å². The minimum Gasteiger partial charge on any atom is -0.229 e. The van der Waals surface area contributed by atoms with Crippen LogP contribution in [0, 0.1) is 5.82 Å². The van der Waals surface area contributed by atoms with Crippen molar-refractivity contribution in [2.75, 3.05) is 12.0 Å². The Morgan fingerprint density at radius 3 is 2.56 bits per heavy atom. The zero-order valence-corrected chi connectivity index (χ0v) is 11.4. The predicted molar refractivity (Wildman–Crippen MR) is 67.1 cm³/mol. The first-order valence-corrected chi connectivity index (χ1v) is 8.11. The van der Waals surface area contributed by atoms with Gasteiger partial charge in [-0.05, 0) is 30.0 Å². The van der Waals surface area contributed by atoms with Crippen LogP contribution >= 0.6 is 15.9 Å². The minimum absolute atomic E-state index is 0.104. The Bertz CT molecular complexity index is 457. The highest BCUT2D eigenvalue weighted by molar-refractivity contribution is 9.08. The van der Waals surface area contributed by atoms with Crippen molar-refractivity contribution in [1.82, 2.24) is 0 Å². The molecule has 0 fully saturated rings. The van der Waals surface area contributed by atoms with Gasteiger partial charge in [0.15, 0.2) is 0 Å². The van der Waals surface area contributed by atoms with Crippen LogP contribution in [0.3, 0.4) is 0 Å². The second-order valence-electron chi connectivity index (χ2n) is 3.79. The first-order chi connectivity index (χ1) is 7.42. The Labute approximate surface area is 104 Å². The first-order valence-electron chi connectivity index (χ1n) is 4.93. The van der Waals surface area contributed by atoms with Gasteiger partial charge in [0.25, 0.3) is 0 Å². The largest absolute Gasteiger partial charge is 0.229 e. The lowest BCUT2D eigenvalue weighted by Gasteiger charge is -2.04. The molecule has 0 heterocycles. The van der Waals surface area contributed by atoms with E-state index in [0.717, 1.165) is 5.56 Å². The fraction of sp³-hybridized carbons (Fsp3) is 0.455. The highest BCUT2D eigenvalue weighted by Crippen LogP contribution is 2.14. The van der Waals surface area contributed by atoms with Gasteiger partial charge in [-0.3, -0.25) is 0 Å². The molecule has 0 aliphatic heterocycles. The molecule has 0 saturated carbocycles. The van der Waals surface area contributed by atoms with Gasteiger partial charge in [0.05, 0.1) is 5.75 Å². The Balaban J connectivity index is 2.61. The molecule has 0 aliphatic rings. The molecule has 0 N–H and O–H groups in total. The summed E-state index contributed by atoms with van der Waals surface area (Å²) in [6, 6.07) is 5.03. The maximum Gasteiger partial charge on any atom is 0.147 e. The van der Waals surface area contributed by atoms with Gasteiger partial charge in [-0.2, -0.15) is 0 Å². The summed E-state index contributed by atoms with van der Waals surface area (Å²) in [5, 5.41) is 0.619. The third-order valence-electron chi connectivity index (χ3n) is 2.23. The molecule has 1 aromatic carbocycles. The number of halogens is 2. The summed E-state index contributed by atoms with van der Waals surface area (Å²) in [6.45, 7) is 0. The number of hydrogen-bond acceptors (Lipinski definition) is 2. The second-order valence-corrected chi connectivity index (χ2v) is 6.61. The van der Waals surface area contributed by atoms with Crippen LogP contribution in [0.25, 0.3) is 0 Å². The van der Waals surface area contributed by atoms with Crippen molar-refractivity contribution in [3.05, 3.63) is 35.1 Å². The number of rotatable bonds is 5. The molecule has 0 spiro atoms. The van der Waals surface area contributed by atoms with E-state index in [0.29, 0.717) is 23.7 Å². The average molecular weight is 309 g/mol. The van der Waals surface area contributed by atoms with Crippen molar-refractivity contribution in [2.24, 2.45) is 0 Å². The Morgan fingerprint density at radius 2 is 2.06 bits per heavy atom. The van der Waals surface area contributed by atoms with Gasteiger partial charge < -0.3 is 0 Å². The lowest BCUT2D eigenvalue weighted by atomic mass is 10.1. The molecule has 0 amide bonds. The van der Waals surface area contributed by atoms with Gasteiger partial charge in [0.1, 0.15) is 15.7 Å². The third-order valence-corrected chi connectivity index (χ3v) is 3.91. The van der Waals surface area contributed by atoms with Crippen LogP contribution in [-0.2, 0) is 21.6 Å². The first kappa shape index (κ1) is 13.6. The second kappa shape index (κ2) is 5.77. The van der Waals surface area contributed by atoms with E-state index in [4.69, 9.17) is 0 Å². The number of alkyl halides is 1. The lowest BCUT2D eigenvalue weighted by molar-refractivity contribution is 0.592. The lowest BCUT2D eigenvalue weighted by Crippen LogP contribution is -2.04. The van der Waals surface area contributed by atoms with Crippen molar-refractivity contribution in [1.29, 1.82) is 0 Å². The smallest absolute Gasteiger partial charge is 0.147 e. The normalized spacial score (nSPS) is 11.7. The molecule has 0 radical (unpaired) electrons. The molecule has 0 aromatic heterocycles. The fourth-order valence-corrected chi connectivity index (χ4v) is 2.42. The number of benzene rings is 1. The summed E-state index contributed by atoms with van der Waals surface area (Å²) in [5.41, 5.74) is 1.46. The van der Waals surface area contributed by atoms with E-state index < -0.39 is 9.84 Å². The van der Waals surface area contributed by atoms with Crippen LogP contribution < -0.4 is 0 Å². The van der Waals surface area contributed by atoms with E-state index in [1.807, 2.05) is 6.07 Å². The minimum atomic E-state index is -2.95. The average Bonchev–Trinajstić information content (AvgIpc) is 2.18. The maximum atomic E-state index is 13.5. The monoisotopic (exact) mass is 308 g/mol. The van der Waals surface area contributed by atoms with Crippen molar-refractivity contribution < 1.29 is 12.8 Å². The molecule has 5 heteroatoms. The summed E-state index contributed by atoms with van der Waals surface area (Å²) < 4.78 is 35.3. The molecule has 0 saturated heterocycles.